The van der Waals surface area contributed by atoms with Gasteiger partial charge in [-0.2, -0.15) is 5.26 Å². The molecule has 0 bridgehead atoms. The van der Waals surface area contributed by atoms with Crippen LogP contribution in [0.5, 0.6) is 0 Å². The summed E-state index contributed by atoms with van der Waals surface area (Å²) in [6.45, 7) is 6.82. The van der Waals surface area contributed by atoms with E-state index in [1.165, 1.54) is 0 Å². The van der Waals surface area contributed by atoms with E-state index in [9.17, 15) is 4.79 Å². The fourth-order valence-electron chi connectivity index (χ4n) is 2.08. The van der Waals surface area contributed by atoms with Gasteiger partial charge in [0.1, 0.15) is 0 Å². The van der Waals surface area contributed by atoms with E-state index >= 15 is 0 Å². The molecule has 0 fully saturated rings. The van der Waals surface area contributed by atoms with Gasteiger partial charge in [0.2, 0.25) is 0 Å². The first kappa shape index (κ1) is 15.2. The summed E-state index contributed by atoms with van der Waals surface area (Å²) in [4.78, 5) is 12.9. The third kappa shape index (κ3) is 4.72. The first-order valence-corrected chi connectivity index (χ1v) is 6.40. The number of nitriles is 1. The lowest BCUT2D eigenvalue weighted by molar-refractivity contribution is -0.139. The molecule has 0 radical (unpaired) electrons. The Balaban J connectivity index is 2.93. The van der Waals surface area contributed by atoms with E-state index in [1.54, 1.807) is 6.07 Å². The van der Waals surface area contributed by atoms with Gasteiger partial charge in [0.15, 0.2) is 0 Å². The minimum absolute atomic E-state index is 0.0100. The second-order valence-corrected chi connectivity index (χ2v) is 5.13. The Hall–Kier alpha value is -1.86. The molecule has 4 nitrogen and oxygen atoms in total. The highest BCUT2D eigenvalue weighted by Gasteiger charge is 2.19. The lowest BCUT2D eigenvalue weighted by atomic mass is 10.0. The van der Waals surface area contributed by atoms with Crippen molar-refractivity contribution in [3.63, 3.8) is 0 Å². The number of nitrogens with zero attached hydrogens (tertiary/aromatic N) is 2. The molecule has 1 unspecified atom stereocenters. The fraction of sp³-hybridized carbons (Fsp3) is 0.467. The number of aliphatic carboxylic acids is 1. The summed E-state index contributed by atoms with van der Waals surface area (Å²) in [5.74, 6) is -0.440. The van der Waals surface area contributed by atoms with Crippen molar-refractivity contribution in [2.24, 2.45) is 5.92 Å². The van der Waals surface area contributed by atoms with E-state index < -0.39 is 5.97 Å². The number of rotatable bonds is 6. The average Bonchev–Trinajstić information content (AvgIpc) is 2.36. The highest BCUT2D eigenvalue weighted by Crippen LogP contribution is 2.21. The minimum atomic E-state index is -0.830. The van der Waals surface area contributed by atoms with Crippen LogP contribution in [0.15, 0.2) is 24.3 Å². The summed E-state index contributed by atoms with van der Waals surface area (Å²) in [6.07, 6.45) is 0. The molecule has 0 heterocycles. The third-order valence-corrected chi connectivity index (χ3v) is 2.98. The van der Waals surface area contributed by atoms with Crippen LogP contribution in [0.3, 0.4) is 0 Å². The Morgan fingerprint density at radius 1 is 1.42 bits per heavy atom. The van der Waals surface area contributed by atoms with Gasteiger partial charge in [-0.25, -0.2) is 0 Å². The van der Waals surface area contributed by atoms with Gasteiger partial charge in [-0.15, -0.1) is 0 Å². The van der Waals surface area contributed by atoms with Crippen molar-refractivity contribution in [1.29, 1.82) is 5.26 Å². The van der Waals surface area contributed by atoms with E-state index in [2.05, 4.69) is 19.9 Å². The molecule has 1 aromatic carbocycles. The molecular formula is C15H20N2O2. The van der Waals surface area contributed by atoms with E-state index in [0.29, 0.717) is 18.0 Å². The summed E-state index contributed by atoms with van der Waals surface area (Å²) < 4.78 is 0. The molecule has 1 rings (SSSR count). The van der Waals surface area contributed by atoms with Gasteiger partial charge in [0.25, 0.3) is 0 Å². The molecule has 0 aromatic heterocycles. The fourth-order valence-corrected chi connectivity index (χ4v) is 2.08. The lowest BCUT2D eigenvalue weighted by Gasteiger charge is -2.29. The molecule has 0 aliphatic rings. The zero-order valence-corrected chi connectivity index (χ0v) is 11.6. The molecule has 1 atom stereocenters. The van der Waals surface area contributed by atoms with Crippen LogP contribution in [0.25, 0.3) is 0 Å². The van der Waals surface area contributed by atoms with Crippen LogP contribution in [0, 0.1) is 17.2 Å². The zero-order valence-electron chi connectivity index (χ0n) is 11.6. The molecule has 1 aromatic rings. The summed E-state index contributed by atoms with van der Waals surface area (Å²) >= 11 is 0. The quantitative estimate of drug-likeness (QED) is 0.854. The summed E-state index contributed by atoms with van der Waals surface area (Å²) in [6, 6.07) is 9.42. The van der Waals surface area contributed by atoms with Crippen molar-refractivity contribution < 1.29 is 9.90 Å². The van der Waals surface area contributed by atoms with Crippen LogP contribution in [-0.2, 0) is 4.79 Å². The standard InChI is InChI=1S/C15H20N2O2/c1-11(2)9-17(10-15(18)19)12(3)14-6-4-5-13(7-14)8-16/h4-7,11-12H,9-10H2,1-3H3,(H,18,19). The first-order chi connectivity index (χ1) is 8.93. The summed E-state index contributed by atoms with van der Waals surface area (Å²) in [5, 5.41) is 17.9. The highest BCUT2D eigenvalue weighted by atomic mass is 16.4. The molecule has 4 heteroatoms. The van der Waals surface area contributed by atoms with Gasteiger partial charge in [-0.1, -0.05) is 26.0 Å². The second kappa shape index (κ2) is 6.91. The van der Waals surface area contributed by atoms with Gasteiger partial charge in [0.05, 0.1) is 18.2 Å². The molecule has 0 amide bonds. The van der Waals surface area contributed by atoms with Crippen molar-refractivity contribution in [1.82, 2.24) is 4.90 Å². The van der Waals surface area contributed by atoms with Gasteiger partial charge in [-0.3, -0.25) is 9.69 Å². The molecule has 0 aliphatic carbocycles. The van der Waals surface area contributed by atoms with Gasteiger partial charge >= 0.3 is 5.97 Å². The molecule has 0 saturated heterocycles. The van der Waals surface area contributed by atoms with E-state index in [-0.39, 0.29) is 12.6 Å². The maximum absolute atomic E-state index is 11.0. The van der Waals surface area contributed by atoms with Crippen molar-refractivity contribution in [3.05, 3.63) is 35.4 Å². The molecule has 0 saturated carbocycles. The Morgan fingerprint density at radius 3 is 2.63 bits per heavy atom. The number of carboxylic acid groups (broad SMARTS) is 1. The van der Waals surface area contributed by atoms with Crippen LogP contribution in [0.1, 0.15) is 37.9 Å². The van der Waals surface area contributed by atoms with E-state index in [4.69, 9.17) is 10.4 Å². The van der Waals surface area contributed by atoms with Crippen molar-refractivity contribution in [2.75, 3.05) is 13.1 Å². The van der Waals surface area contributed by atoms with Crippen LogP contribution >= 0.6 is 0 Å². The van der Waals surface area contributed by atoms with Gasteiger partial charge in [-0.05, 0) is 30.5 Å². The van der Waals surface area contributed by atoms with Crippen LogP contribution in [0.4, 0.5) is 0 Å². The Labute approximate surface area is 114 Å². The first-order valence-electron chi connectivity index (χ1n) is 6.40. The Bertz CT molecular complexity index is 477. The maximum Gasteiger partial charge on any atom is 0.317 e. The number of carboxylic acids is 1. The van der Waals surface area contributed by atoms with Crippen molar-refractivity contribution in [2.45, 2.75) is 26.8 Å². The van der Waals surface area contributed by atoms with E-state index in [1.807, 2.05) is 30.0 Å². The highest BCUT2D eigenvalue weighted by molar-refractivity contribution is 5.69. The maximum atomic E-state index is 11.0. The zero-order chi connectivity index (χ0) is 14.4. The van der Waals surface area contributed by atoms with Gasteiger partial charge in [0, 0.05) is 12.6 Å². The molecule has 1 N–H and O–H groups in total. The average molecular weight is 260 g/mol. The summed E-state index contributed by atoms with van der Waals surface area (Å²) in [7, 11) is 0. The molecule has 0 aliphatic heterocycles. The van der Waals surface area contributed by atoms with Crippen LogP contribution < -0.4 is 0 Å². The number of benzene rings is 1. The molecule has 102 valence electrons. The normalized spacial score (nSPS) is 12.4. The predicted octanol–water partition coefficient (Wildman–Crippen LogP) is 2.66. The van der Waals surface area contributed by atoms with Crippen LogP contribution in [-0.4, -0.2) is 29.1 Å². The summed E-state index contributed by atoms with van der Waals surface area (Å²) in [5.41, 5.74) is 1.57. The topological polar surface area (TPSA) is 64.3 Å². The number of hydrogen-bond donors (Lipinski definition) is 1. The SMILES string of the molecule is CC(C)CN(CC(=O)O)C(C)c1cccc(C#N)c1. The van der Waals surface area contributed by atoms with Gasteiger partial charge < -0.3 is 5.11 Å². The monoisotopic (exact) mass is 260 g/mol. The van der Waals surface area contributed by atoms with E-state index in [0.717, 1.165) is 5.56 Å². The molecule has 0 spiro atoms. The van der Waals surface area contributed by atoms with Crippen LogP contribution in [0.2, 0.25) is 0 Å². The molecular weight excluding hydrogens is 240 g/mol. The molecule has 19 heavy (non-hydrogen) atoms. The van der Waals surface area contributed by atoms with Crippen molar-refractivity contribution in [3.8, 4) is 6.07 Å². The number of carbonyl (C=O) groups is 1. The smallest absolute Gasteiger partial charge is 0.317 e. The third-order valence-electron chi connectivity index (χ3n) is 2.98. The second-order valence-electron chi connectivity index (χ2n) is 5.13. The van der Waals surface area contributed by atoms with Crippen molar-refractivity contribution >= 4 is 5.97 Å². The Kier molecular flexibility index (Phi) is 5.53. The number of hydrogen-bond acceptors (Lipinski definition) is 3. The Morgan fingerprint density at radius 2 is 2.11 bits per heavy atom. The largest absolute Gasteiger partial charge is 0.480 e. The minimum Gasteiger partial charge on any atom is -0.480 e. The lowest BCUT2D eigenvalue weighted by Crippen LogP contribution is -2.35. The predicted molar refractivity (Wildman–Crippen MR) is 73.6 cm³/mol.